The molecule has 0 saturated carbocycles. The fourth-order valence-corrected chi connectivity index (χ4v) is 1.53. The van der Waals surface area contributed by atoms with Gasteiger partial charge in [-0.3, -0.25) is 14.9 Å². The number of non-ortho nitro benzene ring substituents is 1. The van der Waals surface area contributed by atoms with Crippen molar-refractivity contribution < 1.29 is 24.7 Å². The molecule has 0 spiro atoms. The maximum absolute atomic E-state index is 11.0. The van der Waals surface area contributed by atoms with E-state index in [1.807, 2.05) is 0 Å². The van der Waals surface area contributed by atoms with Crippen LogP contribution in [0.25, 0.3) is 6.08 Å². The highest BCUT2D eigenvalue weighted by atomic mass is 16.6. The lowest BCUT2D eigenvalue weighted by Crippen LogP contribution is -2.31. The predicted molar refractivity (Wildman–Crippen MR) is 78.1 cm³/mol. The minimum absolute atomic E-state index is 0.0497. The van der Waals surface area contributed by atoms with Gasteiger partial charge in [0.05, 0.1) is 4.92 Å². The number of hydrogen-bond acceptors (Lipinski definition) is 5. The van der Waals surface area contributed by atoms with Gasteiger partial charge in [-0.05, 0) is 17.7 Å². The van der Waals surface area contributed by atoms with Gasteiger partial charge in [0.25, 0.3) is 5.69 Å². The number of nitrogens with zero attached hydrogens (tertiary/aromatic N) is 1. The summed E-state index contributed by atoms with van der Waals surface area (Å²) in [5.74, 6) is -2.54. The number of aliphatic carboxylic acids is 2. The topological polar surface area (TPSA) is 144 Å². The number of benzene rings is 1. The average molecular weight is 306 g/mol. The average Bonchev–Trinajstić information content (AvgIpc) is 2.46. The molecule has 0 radical (unpaired) electrons. The maximum Gasteiger partial charge on any atom is 0.331 e. The van der Waals surface area contributed by atoms with E-state index < -0.39 is 22.9 Å². The molecule has 0 unspecified atom stereocenters. The summed E-state index contributed by atoms with van der Waals surface area (Å²) in [5.41, 5.74) is 5.73. The first-order valence-electron chi connectivity index (χ1n) is 6.14. The zero-order valence-electron chi connectivity index (χ0n) is 11.4. The standard InChI is InChI=1S/C14H14N2O6/c15-12(14(19)20)8-10(13(17)18)3-1-2-9-4-6-11(7-5-9)16(21)22/h1-7,12H,8,15H2,(H,17,18)(H,19,20)/b2-1+,10-3+/t12-/m0/s1. The molecule has 1 rings (SSSR count). The summed E-state index contributed by atoms with van der Waals surface area (Å²) < 4.78 is 0. The minimum atomic E-state index is -1.30. The molecule has 0 bridgehead atoms. The Bertz CT molecular complexity index is 633. The number of allylic oxidation sites excluding steroid dienone is 2. The number of carbonyl (C=O) groups is 2. The smallest absolute Gasteiger partial charge is 0.331 e. The molecule has 0 aliphatic heterocycles. The number of nitro groups is 1. The van der Waals surface area contributed by atoms with Crippen LogP contribution in [0.5, 0.6) is 0 Å². The SMILES string of the molecule is N[C@@H](C/C(=C\C=C\c1ccc([N+](=O)[O-])cc1)C(=O)O)C(=O)O. The molecule has 0 heterocycles. The van der Waals surface area contributed by atoms with Crippen LogP contribution in [0.1, 0.15) is 12.0 Å². The lowest BCUT2D eigenvalue weighted by atomic mass is 10.1. The van der Waals surface area contributed by atoms with Crippen molar-refractivity contribution in [2.24, 2.45) is 5.73 Å². The molecule has 0 aromatic heterocycles. The molecule has 0 aliphatic carbocycles. The number of hydrogen-bond donors (Lipinski definition) is 3. The highest BCUT2D eigenvalue weighted by Gasteiger charge is 2.17. The second-order valence-electron chi connectivity index (χ2n) is 4.35. The summed E-state index contributed by atoms with van der Waals surface area (Å²) in [6.07, 6.45) is 3.89. The molecule has 8 heteroatoms. The second-order valence-corrected chi connectivity index (χ2v) is 4.35. The van der Waals surface area contributed by atoms with Gasteiger partial charge in [0, 0.05) is 24.1 Å². The Morgan fingerprint density at radius 1 is 1.27 bits per heavy atom. The van der Waals surface area contributed by atoms with Crippen LogP contribution in [0.2, 0.25) is 0 Å². The lowest BCUT2D eigenvalue weighted by Gasteiger charge is -2.05. The van der Waals surface area contributed by atoms with E-state index >= 15 is 0 Å². The zero-order chi connectivity index (χ0) is 16.7. The molecule has 8 nitrogen and oxygen atoms in total. The van der Waals surface area contributed by atoms with E-state index in [2.05, 4.69) is 0 Å². The molecule has 116 valence electrons. The van der Waals surface area contributed by atoms with Gasteiger partial charge in [-0.2, -0.15) is 0 Å². The third-order valence-corrected chi connectivity index (χ3v) is 2.72. The van der Waals surface area contributed by atoms with Crippen molar-refractivity contribution in [1.82, 2.24) is 0 Å². The Hall–Kier alpha value is -3.00. The quantitative estimate of drug-likeness (QED) is 0.299. The number of nitrogens with two attached hydrogens (primary N) is 1. The molecule has 0 amide bonds. The maximum atomic E-state index is 11.0. The summed E-state index contributed by atoms with van der Waals surface area (Å²) in [7, 11) is 0. The molecule has 0 saturated heterocycles. The monoisotopic (exact) mass is 306 g/mol. The van der Waals surface area contributed by atoms with Gasteiger partial charge in [0.1, 0.15) is 6.04 Å². The van der Waals surface area contributed by atoms with Gasteiger partial charge in [0.2, 0.25) is 0 Å². The van der Waals surface area contributed by atoms with E-state index in [4.69, 9.17) is 15.9 Å². The van der Waals surface area contributed by atoms with Crippen LogP contribution in [-0.4, -0.2) is 33.1 Å². The summed E-state index contributed by atoms with van der Waals surface area (Å²) >= 11 is 0. The van der Waals surface area contributed by atoms with Crippen LogP contribution < -0.4 is 5.73 Å². The Labute approximate surface area is 125 Å². The van der Waals surface area contributed by atoms with Crippen molar-refractivity contribution in [3.63, 3.8) is 0 Å². The Morgan fingerprint density at radius 3 is 2.32 bits per heavy atom. The van der Waals surface area contributed by atoms with Gasteiger partial charge in [-0.25, -0.2) is 4.79 Å². The van der Waals surface area contributed by atoms with Gasteiger partial charge < -0.3 is 15.9 Å². The van der Waals surface area contributed by atoms with Crippen molar-refractivity contribution >= 4 is 23.7 Å². The van der Waals surface area contributed by atoms with Crippen LogP contribution in [-0.2, 0) is 9.59 Å². The lowest BCUT2D eigenvalue weighted by molar-refractivity contribution is -0.384. The fourth-order valence-electron chi connectivity index (χ4n) is 1.53. The van der Waals surface area contributed by atoms with Gasteiger partial charge in [-0.15, -0.1) is 0 Å². The van der Waals surface area contributed by atoms with Crippen molar-refractivity contribution in [2.45, 2.75) is 12.5 Å². The molecule has 1 aromatic rings. The molecular weight excluding hydrogens is 292 g/mol. The van der Waals surface area contributed by atoms with Crippen molar-refractivity contribution in [2.75, 3.05) is 0 Å². The third kappa shape index (κ3) is 5.17. The molecule has 4 N–H and O–H groups in total. The highest BCUT2D eigenvalue weighted by Crippen LogP contribution is 2.13. The predicted octanol–water partition coefficient (Wildman–Crippen LogP) is 1.42. The van der Waals surface area contributed by atoms with E-state index in [-0.39, 0.29) is 17.7 Å². The normalized spacial score (nSPS) is 13.0. The third-order valence-electron chi connectivity index (χ3n) is 2.72. The van der Waals surface area contributed by atoms with Crippen LogP contribution in [0.4, 0.5) is 5.69 Å². The van der Waals surface area contributed by atoms with E-state index in [1.165, 1.54) is 36.4 Å². The van der Waals surface area contributed by atoms with Crippen LogP contribution in [0, 0.1) is 10.1 Å². The number of rotatable bonds is 7. The molecular formula is C14H14N2O6. The molecule has 0 fully saturated rings. The summed E-state index contributed by atoms with van der Waals surface area (Å²) in [4.78, 5) is 31.6. The zero-order valence-corrected chi connectivity index (χ0v) is 11.4. The van der Waals surface area contributed by atoms with Crippen LogP contribution in [0.3, 0.4) is 0 Å². The highest BCUT2D eigenvalue weighted by molar-refractivity contribution is 5.88. The van der Waals surface area contributed by atoms with Gasteiger partial charge in [0.15, 0.2) is 0 Å². The summed E-state index contributed by atoms with van der Waals surface area (Å²) in [6.45, 7) is 0. The molecule has 1 atom stereocenters. The van der Waals surface area contributed by atoms with Crippen LogP contribution in [0.15, 0.2) is 42.0 Å². The minimum Gasteiger partial charge on any atom is -0.480 e. The van der Waals surface area contributed by atoms with E-state index in [0.717, 1.165) is 0 Å². The fraction of sp³-hybridized carbons (Fsp3) is 0.143. The molecule has 22 heavy (non-hydrogen) atoms. The van der Waals surface area contributed by atoms with Gasteiger partial charge in [-0.1, -0.05) is 18.2 Å². The number of nitro benzene ring substituents is 1. The van der Waals surface area contributed by atoms with Crippen LogP contribution >= 0.6 is 0 Å². The first kappa shape index (κ1) is 17.1. The first-order chi connectivity index (χ1) is 10.3. The first-order valence-corrected chi connectivity index (χ1v) is 6.14. The van der Waals surface area contributed by atoms with E-state index in [0.29, 0.717) is 5.56 Å². The van der Waals surface area contributed by atoms with Crippen molar-refractivity contribution in [1.29, 1.82) is 0 Å². The Morgan fingerprint density at radius 2 is 1.86 bits per heavy atom. The molecule has 1 aromatic carbocycles. The number of carboxylic acid groups (broad SMARTS) is 2. The molecule has 0 aliphatic rings. The van der Waals surface area contributed by atoms with E-state index in [1.54, 1.807) is 6.08 Å². The second kappa shape index (κ2) is 7.70. The van der Waals surface area contributed by atoms with Crippen molar-refractivity contribution in [3.05, 3.63) is 57.7 Å². The Balaban J connectivity index is 2.83. The summed E-state index contributed by atoms with van der Waals surface area (Å²) in [5, 5.41) is 28.1. The van der Waals surface area contributed by atoms with Crippen molar-refractivity contribution in [3.8, 4) is 0 Å². The summed E-state index contributed by atoms with van der Waals surface area (Å²) in [6, 6.07) is 4.36. The number of carboxylic acids is 2. The van der Waals surface area contributed by atoms with E-state index in [9.17, 15) is 19.7 Å². The largest absolute Gasteiger partial charge is 0.480 e. The van der Waals surface area contributed by atoms with Gasteiger partial charge >= 0.3 is 11.9 Å². The Kier molecular flexibility index (Phi) is 5.96.